The molecule has 0 spiro atoms. The van der Waals surface area contributed by atoms with Crippen LogP contribution in [0.1, 0.15) is 28.9 Å². The van der Waals surface area contributed by atoms with Crippen LogP contribution >= 0.6 is 0 Å². The summed E-state index contributed by atoms with van der Waals surface area (Å²) in [5, 5.41) is 2.65. The van der Waals surface area contributed by atoms with E-state index in [0.717, 1.165) is 6.20 Å². The van der Waals surface area contributed by atoms with Gasteiger partial charge in [0.25, 0.3) is 5.91 Å². The number of hydrogen-bond acceptors (Lipinski definition) is 4. The van der Waals surface area contributed by atoms with Crippen LogP contribution in [-0.4, -0.2) is 30.8 Å². The molecule has 0 aliphatic heterocycles. The summed E-state index contributed by atoms with van der Waals surface area (Å²) in [5.41, 5.74) is 0.653. The number of hydrogen-bond donors (Lipinski definition) is 1. The van der Waals surface area contributed by atoms with Gasteiger partial charge >= 0.3 is 6.18 Å². The largest absolute Gasteiger partial charge is 0.494 e. The molecule has 0 fully saturated rings. The monoisotopic (exact) mass is 372 g/mol. The van der Waals surface area contributed by atoms with E-state index in [1.807, 2.05) is 0 Å². The molecule has 0 aliphatic rings. The van der Waals surface area contributed by atoms with Crippen molar-refractivity contribution in [2.45, 2.75) is 19.1 Å². The first-order valence-corrected chi connectivity index (χ1v) is 7.49. The van der Waals surface area contributed by atoms with E-state index in [1.54, 1.807) is 13.0 Å². The Kier molecular flexibility index (Phi) is 6.01. The van der Waals surface area contributed by atoms with Crippen LogP contribution in [0.3, 0.4) is 0 Å². The highest BCUT2D eigenvalue weighted by Crippen LogP contribution is 2.22. The predicted molar refractivity (Wildman–Crippen MR) is 84.6 cm³/mol. The second-order valence-electron chi connectivity index (χ2n) is 5.38. The van der Waals surface area contributed by atoms with E-state index in [4.69, 9.17) is 4.74 Å². The molecule has 5 nitrogen and oxygen atoms in total. The van der Waals surface area contributed by atoms with E-state index in [1.165, 1.54) is 31.4 Å². The Labute approximate surface area is 146 Å². The van der Waals surface area contributed by atoms with E-state index in [0.29, 0.717) is 5.56 Å². The highest BCUT2D eigenvalue weighted by molar-refractivity contribution is 5.94. The van der Waals surface area contributed by atoms with E-state index in [9.17, 15) is 22.4 Å². The number of methoxy groups -OCH3 is 1. The van der Waals surface area contributed by atoms with Gasteiger partial charge in [0.05, 0.1) is 18.7 Å². The maximum atomic E-state index is 13.7. The molecule has 2 aromatic rings. The second kappa shape index (κ2) is 8.03. The molecule has 1 unspecified atom stereocenters. The zero-order chi connectivity index (χ0) is 19.3. The smallest absolute Gasteiger partial charge is 0.422 e. The van der Waals surface area contributed by atoms with Crippen molar-refractivity contribution in [1.29, 1.82) is 0 Å². The number of amides is 1. The van der Waals surface area contributed by atoms with Gasteiger partial charge in [0.1, 0.15) is 0 Å². The van der Waals surface area contributed by atoms with Crippen molar-refractivity contribution in [2.24, 2.45) is 0 Å². The molecule has 140 valence electrons. The summed E-state index contributed by atoms with van der Waals surface area (Å²) < 4.78 is 59.3. The first-order chi connectivity index (χ1) is 12.2. The van der Waals surface area contributed by atoms with Crippen molar-refractivity contribution in [2.75, 3.05) is 13.7 Å². The number of carbonyl (C=O) groups is 1. The van der Waals surface area contributed by atoms with Crippen molar-refractivity contribution < 1.29 is 31.8 Å². The molecule has 0 bridgehead atoms. The minimum Gasteiger partial charge on any atom is -0.494 e. The van der Waals surface area contributed by atoms with Gasteiger partial charge in [-0.3, -0.25) is 4.79 Å². The first kappa shape index (κ1) is 19.5. The summed E-state index contributed by atoms with van der Waals surface area (Å²) >= 11 is 0. The van der Waals surface area contributed by atoms with Gasteiger partial charge in [0, 0.05) is 12.3 Å². The van der Waals surface area contributed by atoms with Gasteiger partial charge in [-0.15, -0.1) is 0 Å². The standard InChI is InChI=1S/C17H16F4N2O3/c1-10(11-3-5-14(25-2)13(18)7-11)23-16(24)12-4-6-15(22-8-12)26-9-17(19,20)21/h3-8,10H,9H2,1-2H3,(H,23,24). The average molecular weight is 372 g/mol. The number of alkyl halides is 3. The molecule has 9 heteroatoms. The van der Waals surface area contributed by atoms with Crippen LogP contribution in [0.15, 0.2) is 36.5 Å². The Bertz CT molecular complexity index is 764. The number of nitrogens with one attached hydrogen (secondary N) is 1. The summed E-state index contributed by atoms with van der Waals surface area (Å²) in [5.74, 6) is -1.22. The maximum absolute atomic E-state index is 13.7. The van der Waals surface area contributed by atoms with Crippen molar-refractivity contribution >= 4 is 5.91 Å². The number of halogens is 4. The number of pyridine rings is 1. The van der Waals surface area contributed by atoms with Crippen LogP contribution in [-0.2, 0) is 0 Å². The Morgan fingerprint density at radius 1 is 1.27 bits per heavy atom. The highest BCUT2D eigenvalue weighted by atomic mass is 19.4. The van der Waals surface area contributed by atoms with Crippen molar-refractivity contribution in [1.82, 2.24) is 10.3 Å². The fraction of sp³-hybridized carbons (Fsp3) is 0.294. The normalized spacial score (nSPS) is 12.4. The lowest BCUT2D eigenvalue weighted by Gasteiger charge is -2.15. The topological polar surface area (TPSA) is 60.5 Å². The molecule has 26 heavy (non-hydrogen) atoms. The lowest BCUT2D eigenvalue weighted by Crippen LogP contribution is -2.27. The molecule has 0 aliphatic carbocycles. The lowest BCUT2D eigenvalue weighted by atomic mass is 10.1. The number of nitrogens with zero attached hydrogens (tertiary/aromatic N) is 1. The number of rotatable bonds is 6. The fourth-order valence-corrected chi connectivity index (χ4v) is 2.07. The molecule has 1 atom stereocenters. The zero-order valence-corrected chi connectivity index (χ0v) is 13.9. The summed E-state index contributed by atoms with van der Waals surface area (Å²) in [7, 11) is 1.35. The Hall–Kier alpha value is -2.84. The average Bonchev–Trinajstić information content (AvgIpc) is 2.59. The van der Waals surface area contributed by atoms with Crippen molar-refractivity contribution in [3.8, 4) is 11.6 Å². The SMILES string of the molecule is COc1ccc(C(C)NC(=O)c2ccc(OCC(F)(F)F)nc2)cc1F. The molecule has 0 saturated heterocycles. The van der Waals surface area contributed by atoms with Crippen LogP contribution in [0.4, 0.5) is 17.6 Å². The van der Waals surface area contributed by atoms with Gasteiger partial charge in [-0.05, 0) is 30.7 Å². The van der Waals surface area contributed by atoms with Crippen LogP contribution in [0.2, 0.25) is 0 Å². The van der Waals surface area contributed by atoms with E-state index >= 15 is 0 Å². The Morgan fingerprint density at radius 2 is 2.00 bits per heavy atom. The lowest BCUT2D eigenvalue weighted by molar-refractivity contribution is -0.154. The van der Waals surface area contributed by atoms with Crippen molar-refractivity contribution in [3.63, 3.8) is 0 Å². The van der Waals surface area contributed by atoms with Gasteiger partial charge in [0.2, 0.25) is 5.88 Å². The Balaban J connectivity index is 1.99. The molecule has 1 N–H and O–H groups in total. The molecule has 2 rings (SSSR count). The van der Waals surface area contributed by atoms with Crippen LogP contribution < -0.4 is 14.8 Å². The summed E-state index contributed by atoms with van der Waals surface area (Å²) in [4.78, 5) is 15.8. The fourth-order valence-electron chi connectivity index (χ4n) is 2.07. The third-order valence-corrected chi connectivity index (χ3v) is 3.41. The number of benzene rings is 1. The minimum atomic E-state index is -4.47. The van der Waals surface area contributed by atoms with Crippen LogP contribution in [0.25, 0.3) is 0 Å². The quantitative estimate of drug-likeness (QED) is 0.787. The highest BCUT2D eigenvalue weighted by Gasteiger charge is 2.28. The predicted octanol–water partition coefficient (Wildman–Crippen LogP) is 3.66. The van der Waals surface area contributed by atoms with E-state index in [2.05, 4.69) is 15.0 Å². The molecular weight excluding hydrogens is 356 g/mol. The number of carbonyl (C=O) groups excluding carboxylic acids is 1. The van der Waals surface area contributed by atoms with E-state index in [-0.39, 0.29) is 17.2 Å². The van der Waals surface area contributed by atoms with Gasteiger partial charge in [-0.2, -0.15) is 13.2 Å². The van der Waals surface area contributed by atoms with Crippen LogP contribution in [0.5, 0.6) is 11.6 Å². The second-order valence-corrected chi connectivity index (χ2v) is 5.38. The molecule has 1 heterocycles. The van der Waals surface area contributed by atoms with E-state index < -0.39 is 30.5 Å². The third-order valence-electron chi connectivity index (χ3n) is 3.41. The van der Waals surface area contributed by atoms with Crippen LogP contribution in [0, 0.1) is 5.82 Å². The van der Waals surface area contributed by atoms with Gasteiger partial charge in [-0.1, -0.05) is 6.07 Å². The van der Waals surface area contributed by atoms with Gasteiger partial charge in [-0.25, -0.2) is 9.37 Å². The molecule has 1 amide bonds. The molecule has 1 aromatic carbocycles. The van der Waals surface area contributed by atoms with Crippen molar-refractivity contribution in [3.05, 3.63) is 53.5 Å². The maximum Gasteiger partial charge on any atom is 0.422 e. The Morgan fingerprint density at radius 3 is 2.54 bits per heavy atom. The van der Waals surface area contributed by atoms with Gasteiger partial charge < -0.3 is 14.8 Å². The summed E-state index contributed by atoms with van der Waals surface area (Å²) in [6, 6.07) is 6.24. The molecular formula is C17H16F4N2O3. The number of aromatic nitrogens is 1. The third kappa shape index (κ3) is 5.33. The molecule has 1 aromatic heterocycles. The van der Waals surface area contributed by atoms with Gasteiger partial charge in [0.15, 0.2) is 18.2 Å². The summed E-state index contributed by atoms with van der Waals surface area (Å²) in [6.07, 6.45) is -3.37. The minimum absolute atomic E-state index is 0.0888. The zero-order valence-electron chi connectivity index (χ0n) is 13.9. The first-order valence-electron chi connectivity index (χ1n) is 7.49. The number of ether oxygens (including phenoxy) is 2. The molecule has 0 radical (unpaired) electrons. The molecule has 0 saturated carbocycles. The summed E-state index contributed by atoms with van der Waals surface area (Å²) in [6.45, 7) is 0.193.